The van der Waals surface area contributed by atoms with Crippen molar-refractivity contribution in [2.75, 3.05) is 19.0 Å². The number of nitrogens with one attached hydrogen (secondary N) is 3. The van der Waals surface area contributed by atoms with Gasteiger partial charge in [-0.25, -0.2) is 0 Å². The first-order valence-corrected chi connectivity index (χ1v) is 11.3. The maximum Gasteiger partial charge on any atom is 0.247 e. The fourth-order valence-electron chi connectivity index (χ4n) is 3.40. The van der Waals surface area contributed by atoms with E-state index in [0.717, 1.165) is 24.1 Å². The molecule has 0 saturated carbocycles. The maximum absolute atomic E-state index is 13.4. The zero-order valence-electron chi connectivity index (χ0n) is 20.0. The third-order valence-electron chi connectivity index (χ3n) is 5.32. The van der Waals surface area contributed by atoms with Crippen molar-refractivity contribution in [1.82, 2.24) is 5.32 Å². The molecule has 0 aromatic heterocycles. The number of carbonyl (C=O) groups excluding carboxylic acids is 1. The normalized spacial score (nSPS) is 11.0. The van der Waals surface area contributed by atoms with Crippen molar-refractivity contribution >= 4 is 29.8 Å². The topological polar surface area (TPSA) is 109 Å². The van der Waals surface area contributed by atoms with Crippen LogP contribution in [0.3, 0.4) is 0 Å². The highest BCUT2D eigenvalue weighted by Crippen LogP contribution is 2.29. The third-order valence-corrected chi connectivity index (χ3v) is 5.32. The number of benzene rings is 3. The van der Waals surface area contributed by atoms with Crippen LogP contribution in [0.4, 0.5) is 5.69 Å². The van der Waals surface area contributed by atoms with E-state index >= 15 is 0 Å². The second-order valence-electron chi connectivity index (χ2n) is 7.92. The molecule has 0 spiro atoms. The number of amides is 1. The van der Waals surface area contributed by atoms with Crippen molar-refractivity contribution < 1.29 is 14.3 Å². The van der Waals surface area contributed by atoms with Gasteiger partial charge in [-0.05, 0) is 53.9 Å². The van der Waals surface area contributed by atoms with Crippen molar-refractivity contribution in [3.05, 3.63) is 89.5 Å². The molecule has 0 saturated heterocycles. The second kappa shape index (κ2) is 13.9. The predicted molar refractivity (Wildman–Crippen MR) is 143 cm³/mol. The lowest BCUT2D eigenvalue weighted by molar-refractivity contribution is -0.122. The number of hydrogen-bond acceptors (Lipinski definition) is 5. The minimum Gasteiger partial charge on any atom is -0.497 e. The standard InChI is InChI=1S/C27H32N4O3.ClH/c1-3-4-14-34-24-16-21(15-23(17-24)33-2)25(27(32)30-18-19-8-6-5-7-9-19)31-22-12-10-20(11-13-22)26(28)29;/h5-13,15-17,25,31H,3-4,14,18H2,1-2H3,(H3,28,29)(H,30,32);1H/t25-;/m1./s1. The van der Waals surface area contributed by atoms with Gasteiger partial charge >= 0.3 is 0 Å². The Kier molecular flexibility index (Phi) is 10.9. The Morgan fingerprint density at radius 2 is 1.71 bits per heavy atom. The largest absolute Gasteiger partial charge is 0.497 e. The van der Waals surface area contributed by atoms with Gasteiger partial charge in [0.2, 0.25) is 5.91 Å². The molecule has 0 aliphatic rings. The number of hydrogen-bond donors (Lipinski definition) is 4. The number of unbranched alkanes of at least 4 members (excludes halogenated alkanes) is 1. The summed E-state index contributed by atoms with van der Waals surface area (Å²) in [5, 5.41) is 13.9. The fourth-order valence-corrected chi connectivity index (χ4v) is 3.40. The molecule has 0 bridgehead atoms. The Labute approximate surface area is 212 Å². The first-order valence-electron chi connectivity index (χ1n) is 11.3. The number of ether oxygens (including phenoxy) is 2. The second-order valence-corrected chi connectivity index (χ2v) is 7.92. The van der Waals surface area contributed by atoms with E-state index in [4.69, 9.17) is 20.6 Å². The highest BCUT2D eigenvalue weighted by molar-refractivity contribution is 5.95. The first kappa shape index (κ1) is 27.5. The zero-order valence-corrected chi connectivity index (χ0v) is 20.9. The number of anilines is 1. The average Bonchev–Trinajstić information content (AvgIpc) is 2.86. The van der Waals surface area contributed by atoms with E-state index in [1.807, 2.05) is 48.5 Å². The van der Waals surface area contributed by atoms with Crippen LogP contribution in [0.2, 0.25) is 0 Å². The van der Waals surface area contributed by atoms with Crippen LogP contribution >= 0.6 is 12.4 Å². The summed E-state index contributed by atoms with van der Waals surface area (Å²) in [4.78, 5) is 13.4. The van der Waals surface area contributed by atoms with Gasteiger partial charge in [-0.15, -0.1) is 12.4 Å². The van der Waals surface area contributed by atoms with E-state index < -0.39 is 6.04 Å². The summed E-state index contributed by atoms with van der Waals surface area (Å²) in [6.45, 7) is 3.10. The van der Waals surface area contributed by atoms with Gasteiger partial charge in [0.05, 0.1) is 13.7 Å². The maximum atomic E-state index is 13.4. The molecular weight excluding hydrogens is 464 g/mol. The van der Waals surface area contributed by atoms with Crippen molar-refractivity contribution in [3.8, 4) is 11.5 Å². The molecule has 0 aliphatic carbocycles. The number of rotatable bonds is 12. The molecule has 186 valence electrons. The van der Waals surface area contributed by atoms with Gasteiger partial charge < -0.3 is 25.8 Å². The number of halogens is 1. The van der Waals surface area contributed by atoms with Crippen molar-refractivity contribution in [2.45, 2.75) is 32.4 Å². The van der Waals surface area contributed by atoms with Crippen LogP contribution in [0.15, 0.2) is 72.8 Å². The number of nitrogens with two attached hydrogens (primary N) is 1. The molecule has 1 atom stereocenters. The van der Waals surface area contributed by atoms with Crippen LogP contribution in [-0.2, 0) is 11.3 Å². The molecule has 5 N–H and O–H groups in total. The lowest BCUT2D eigenvalue weighted by Gasteiger charge is -2.22. The van der Waals surface area contributed by atoms with E-state index in [1.54, 1.807) is 31.4 Å². The van der Waals surface area contributed by atoms with Gasteiger partial charge in [-0.3, -0.25) is 10.2 Å². The monoisotopic (exact) mass is 496 g/mol. The number of nitrogen functional groups attached to an aromatic ring is 1. The minimum atomic E-state index is -0.699. The van der Waals surface area contributed by atoms with E-state index in [2.05, 4.69) is 17.6 Å². The van der Waals surface area contributed by atoms with Crippen LogP contribution in [-0.4, -0.2) is 25.5 Å². The summed E-state index contributed by atoms with van der Waals surface area (Å²) in [6, 6.07) is 21.7. The van der Waals surface area contributed by atoms with Crippen LogP contribution in [0, 0.1) is 5.41 Å². The third kappa shape index (κ3) is 8.22. The SMILES string of the molecule is CCCCOc1cc(OC)cc([C@@H](Nc2ccc(C(=N)N)cc2)C(=O)NCc2ccccc2)c1.Cl. The van der Waals surface area contributed by atoms with Gasteiger partial charge in [0.15, 0.2) is 0 Å². The molecule has 7 nitrogen and oxygen atoms in total. The summed E-state index contributed by atoms with van der Waals surface area (Å²) in [5.41, 5.74) is 8.63. The quantitative estimate of drug-likeness (QED) is 0.159. The molecule has 0 radical (unpaired) electrons. The van der Waals surface area contributed by atoms with Crippen LogP contribution in [0.25, 0.3) is 0 Å². The first-order chi connectivity index (χ1) is 16.5. The molecule has 35 heavy (non-hydrogen) atoms. The van der Waals surface area contributed by atoms with Gasteiger partial charge in [-0.1, -0.05) is 43.7 Å². The number of amidine groups is 1. The lowest BCUT2D eigenvalue weighted by Crippen LogP contribution is -2.33. The number of methoxy groups -OCH3 is 1. The summed E-state index contributed by atoms with van der Waals surface area (Å²) in [6.07, 6.45) is 1.97. The van der Waals surface area contributed by atoms with Gasteiger partial charge in [0.1, 0.15) is 23.4 Å². The smallest absolute Gasteiger partial charge is 0.247 e. The van der Waals surface area contributed by atoms with Gasteiger partial charge in [0.25, 0.3) is 0 Å². The minimum absolute atomic E-state index is 0. The molecule has 8 heteroatoms. The molecule has 3 aromatic rings. The van der Waals surface area contributed by atoms with Crippen molar-refractivity contribution in [1.29, 1.82) is 5.41 Å². The van der Waals surface area contributed by atoms with E-state index in [9.17, 15) is 4.79 Å². The summed E-state index contributed by atoms with van der Waals surface area (Å²) in [7, 11) is 1.59. The Morgan fingerprint density at radius 1 is 1.03 bits per heavy atom. The highest BCUT2D eigenvalue weighted by Gasteiger charge is 2.22. The summed E-state index contributed by atoms with van der Waals surface area (Å²) < 4.78 is 11.4. The van der Waals surface area contributed by atoms with Crippen LogP contribution < -0.4 is 25.8 Å². The van der Waals surface area contributed by atoms with Crippen molar-refractivity contribution in [2.24, 2.45) is 5.73 Å². The molecule has 0 aliphatic heterocycles. The van der Waals surface area contributed by atoms with Crippen LogP contribution in [0.1, 0.15) is 42.5 Å². The predicted octanol–water partition coefficient (Wildman–Crippen LogP) is 5.05. The molecule has 3 rings (SSSR count). The fraction of sp³-hybridized carbons (Fsp3) is 0.259. The summed E-state index contributed by atoms with van der Waals surface area (Å²) in [5.74, 6) is 1.06. The Bertz CT molecular complexity index is 1090. The van der Waals surface area contributed by atoms with Crippen LogP contribution in [0.5, 0.6) is 11.5 Å². The molecule has 0 unspecified atom stereocenters. The summed E-state index contributed by atoms with van der Waals surface area (Å²) >= 11 is 0. The molecule has 0 fully saturated rings. The van der Waals surface area contributed by atoms with E-state index in [-0.39, 0.29) is 24.1 Å². The molecular formula is C27H33ClN4O3. The highest BCUT2D eigenvalue weighted by atomic mass is 35.5. The Morgan fingerprint density at radius 3 is 2.34 bits per heavy atom. The Balaban J connectivity index is 0.00000432. The van der Waals surface area contributed by atoms with E-state index in [1.165, 1.54) is 0 Å². The average molecular weight is 497 g/mol. The number of carbonyl (C=O) groups is 1. The van der Waals surface area contributed by atoms with Gasteiger partial charge in [0, 0.05) is 23.9 Å². The van der Waals surface area contributed by atoms with Gasteiger partial charge in [-0.2, -0.15) is 0 Å². The molecule has 3 aromatic carbocycles. The van der Waals surface area contributed by atoms with Crippen molar-refractivity contribution in [3.63, 3.8) is 0 Å². The lowest BCUT2D eigenvalue weighted by atomic mass is 10.0. The molecule has 0 heterocycles. The zero-order chi connectivity index (χ0) is 24.3. The molecule has 1 amide bonds. The Hall–Kier alpha value is -3.71. The van der Waals surface area contributed by atoms with E-state index in [0.29, 0.717) is 35.8 Å².